The van der Waals surface area contributed by atoms with Crippen LogP contribution in [0.15, 0.2) is 24.4 Å². The number of rotatable bonds is 8. The van der Waals surface area contributed by atoms with E-state index in [1.165, 1.54) is 32.1 Å². The highest BCUT2D eigenvalue weighted by Crippen LogP contribution is 2.32. The molecule has 6 heteroatoms. The molecule has 2 N–H and O–H groups in total. The summed E-state index contributed by atoms with van der Waals surface area (Å²) in [6.45, 7) is 2.70. The van der Waals surface area contributed by atoms with E-state index in [0.29, 0.717) is 18.2 Å². The molecule has 1 unspecified atom stereocenters. The second kappa shape index (κ2) is 11.4. The van der Waals surface area contributed by atoms with Crippen molar-refractivity contribution in [2.75, 3.05) is 6.61 Å². The number of halogens is 1. The van der Waals surface area contributed by atoms with Crippen LogP contribution in [0.25, 0.3) is 0 Å². The largest absolute Gasteiger partial charge is 0.465 e. The molecule has 1 aliphatic rings. The van der Waals surface area contributed by atoms with Gasteiger partial charge in [0.2, 0.25) is 0 Å². The maximum atomic E-state index is 12.4. The van der Waals surface area contributed by atoms with Crippen molar-refractivity contribution < 1.29 is 9.53 Å². The van der Waals surface area contributed by atoms with Crippen LogP contribution in [0.3, 0.4) is 0 Å². The van der Waals surface area contributed by atoms with Crippen LogP contribution in [0.2, 0.25) is 0 Å². The minimum absolute atomic E-state index is 0. The van der Waals surface area contributed by atoms with Gasteiger partial charge >= 0.3 is 5.97 Å². The lowest BCUT2D eigenvalue weighted by atomic mass is 9.80. The van der Waals surface area contributed by atoms with E-state index in [-0.39, 0.29) is 23.4 Å². The van der Waals surface area contributed by atoms with Gasteiger partial charge in [-0.2, -0.15) is 0 Å². The highest BCUT2D eigenvalue weighted by Gasteiger charge is 2.28. The molecular formula is C19H29ClN2O2S. The highest BCUT2D eigenvalue weighted by molar-refractivity contribution is 7.80. The summed E-state index contributed by atoms with van der Waals surface area (Å²) in [5.41, 5.74) is 6.29. The molecule has 1 atom stereocenters. The maximum Gasteiger partial charge on any atom is 0.322 e. The quantitative estimate of drug-likeness (QED) is 0.531. The van der Waals surface area contributed by atoms with Crippen molar-refractivity contribution in [1.82, 2.24) is 4.98 Å². The SMILES string of the molecule is CCCC[C@H]1CC[C@H](COC(=O)C(C(N)=S)c2ccccn2)CC1.Cl. The van der Waals surface area contributed by atoms with Crippen LogP contribution in [0.1, 0.15) is 63.5 Å². The third-order valence-corrected chi connectivity index (χ3v) is 5.13. The highest BCUT2D eigenvalue weighted by atomic mass is 35.5. The van der Waals surface area contributed by atoms with Gasteiger partial charge in [0.05, 0.1) is 17.3 Å². The van der Waals surface area contributed by atoms with Gasteiger partial charge in [-0.3, -0.25) is 9.78 Å². The van der Waals surface area contributed by atoms with Crippen LogP contribution < -0.4 is 5.73 Å². The predicted molar refractivity (Wildman–Crippen MR) is 107 cm³/mol. The molecule has 0 saturated heterocycles. The first-order valence-electron chi connectivity index (χ1n) is 8.98. The molecule has 1 aromatic rings. The Bertz CT molecular complexity index is 533. The molecule has 4 nitrogen and oxygen atoms in total. The lowest BCUT2D eigenvalue weighted by Crippen LogP contribution is -2.30. The smallest absolute Gasteiger partial charge is 0.322 e. The number of carbonyl (C=O) groups excluding carboxylic acids is 1. The fourth-order valence-corrected chi connectivity index (χ4v) is 3.61. The lowest BCUT2D eigenvalue weighted by Gasteiger charge is -2.28. The molecule has 0 radical (unpaired) electrons. The van der Waals surface area contributed by atoms with E-state index in [0.717, 1.165) is 18.8 Å². The van der Waals surface area contributed by atoms with Gasteiger partial charge in [-0.05, 0) is 36.8 Å². The van der Waals surface area contributed by atoms with Crippen LogP contribution in [-0.2, 0) is 9.53 Å². The van der Waals surface area contributed by atoms with Gasteiger partial charge < -0.3 is 10.5 Å². The summed E-state index contributed by atoms with van der Waals surface area (Å²) in [4.78, 5) is 16.7. The van der Waals surface area contributed by atoms with E-state index < -0.39 is 5.92 Å². The summed E-state index contributed by atoms with van der Waals surface area (Å²) >= 11 is 5.04. The Labute approximate surface area is 162 Å². The molecule has 0 amide bonds. The van der Waals surface area contributed by atoms with E-state index in [4.69, 9.17) is 22.7 Å². The molecular weight excluding hydrogens is 356 g/mol. The molecule has 1 aliphatic carbocycles. The third kappa shape index (κ3) is 6.90. The topological polar surface area (TPSA) is 65.2 Å². The molecule has 0 aliphatic heterocycles. The predicted octanol–water partition coefficient (Wildman–Crippen LogP) is 4.41. The molecule has 0 aromatic carbocycles. The Kier molecular flexibility index (Phi) is 9.98. The lowest BCUT2D eigenvalue weighted by molar-refractivity contribution is -0.145. The minimum atomic E-state index is -0.748. The first-order valence-corrected chi connectivity index (χ1v) is 9.39. The van der Waals surface area contributed by atoms with E-state index in [9.17, 15) is 4.79 Å². The van der Waals surface area contributed by atoms with Crippen LogP contribution in [0, 0.1) is 11.8 Å². The number of aromatic nitrogens is 1. The first kappa shape index (κ1) is 21.8. The number of unbranched alkanes of at least 4 members (excludes halogenated alkanes) is 1. The number of thiocarbonyl (C=S) groups is 1. The van der Waals surface area contributed by atoms with Gasteiger partial charge in [-0.15, -0.1) is 12.4 Å². The Hall–Kier alpha value is -1.20. The summed E-state index contributed by atoms with van der Waals surface area (Å²) in [6.07, 6.45) is 10.3. The van der Waals surface area contributed by atoms with Gasteiger partial charge in [0.25, 0.3) is 0 Å². The number of pyridine rings is 1. The second-order valence-electron chi connectivity index (χ2n) is 6.75. The molecule has 25 heavy (non-hydrogen) atoms. The van der Waals surface area contributed by atoms with Crippen molar-refractivity contribution >= 4 is 35.6 Å². The van der Waals surface area contributed by atoms with E-state index >= 15 is 0 Å². The summed E-state index contributed by atoms with van der Waals surface area (Å²) in [6, 6.07) is 5.37. The van der Waals surface area contributed by atoms with Gasteiger partial charge in [0.1, 0.15) is 5.92 Å². The number of ether oxygens (including phenoxy) is 1. The first-order chi connectivity index (χ1) is 11.6. The molecule has 2 rings (SSSR count). The minimum Gasteiger partial charge on any atom is -0.465 e. The Balaban J connectivity index is 0.00000312. The number of hydrogen-bond acceptors (Lipinski definition) is 4. The van der Waals surface area contributed by atoms with Crippen molar-refractivity contribution in [3.63, 3.8) is 0 Å². The summed E-state index contributed by atoms with van der Waals surface area (Å²) in [7, 11) is 0. The van der Waals surface area contributed by atoms with Crippen LogP contribution >= 0.6 is 24.6 Å². The molecule has 1 fully saturated rings. The van der Waals surface area contributed by atoms with Crippen molar-refractivity contribution in [2.24, 2.45) is 17.6 Å². The van der Waals surface area contributed by atoms with Crippen molar-refractivity contribution in [2.45, 2.75) is 57.8 Å². The monoisotopic (exact) mass is 384 g/mol. The maximum absolute atomic E-state index is 12.4. The number of hydrogen-bond donors (Lipinski definition) is 1. The molecule has 0 bridgehead atoms. The molecule has 0 spiro atoms. The Morgan fingerprint density at radius 1 is 1.32 bits per heavy atom. The summed E-state index contributed by atoms with van der Waals surface area (Å²) < 4.78 is 5.53. The zero-order valence-electron chi connectivity index (χ0n) is 14.9. The number of carbonyl (C=O) groups is 1. The van der Waals surface area contributed by atoms with Gasteiger partial charge in [-0.1, -0.05) is 57.3 Å². The summed E-state index contributed by atoms with van der Waals surface area (Å²) in [5, 5.41) is 0. The van der Waals surface area contributed by atoms with Gasteiger partial charge in [0, 0.05) is 6.20 Å². The van der Waals surface area contributed by atoms with Crippen molar-refractivity contribution in [1.29, 1.82) is 0 Å². The average Bonchev–Trinajstić information content (AvgIpc) is 2.60. The number of esters is 1. The molecule has 140 valence electrons. The zero-order chi connectivity index (χ0) is 17.4. The molecule has 1 heterocycles. The molecule has 1 aromatic heterocycles. The van der Waals surface area contributed by atoms with Crippen molar-refractivity contribution in [3.05, 3.63) is 30.1 Å². The van der Waals surface area contributed by atoms with Crippen LogP contribution in [-0.4, -0.2) is 22.5 Å². The standard InChI is InChI=1S/C19H28N2O2S.ClH/c1-2-3-6-14-8-10-15(11-9-14)13-23-19(22)17(18(20)24)16-7-4-5-12-21-16;/h4-5,7,12,14-15,17H,2-3,6,8-11,13H2,1H3,(H2,20,24);1H/t14-,15-,17?;. The number of nitrogens with zero attached hydrogens (tertiary/aromatic N) is 1. The fraction of sp³-hybridized carbons (Fsp3) is 0.632. The fourth-order valence-electron chi connectivity index (χ4n) is 3.39. The second-order valence-corrected chi connectivity index (χ2v) is 7.22. The van der Waals surface area contributed by atoms with Gasteiger partial charge in [0.15, 0.2) is 0 Å². The van der Waals surface area contributed by atoms with E-state index in [1.807, 2.05) is 6.07 Å². The van der Waals surface area contributed by atoms with Crippen molar-refractivity contribution in [3.8, 4) is 0 Å². The Morgan fingerprint density at radius 3 is 2.56 bits per heavy atom. The Morgan fingerprint density at radius 2 is 2.00 bits per heavy atom. The van der Waals surface area contributed by atoms with Gasteiger partial charge in [-0.25, -0.2) is 0 Å². The third-order valence-electron chi connectivity index (χ3n) is 4.90. The van der Waals surface area contributed by atoms with E-state index in [2.05, 4.69) is 11.9 Å². The molecule has 1 saturated carbocycles. The van der Waals surface area contributed by atoms with E-state index in [1.54, 1.807) is 18.3 Å². The zero-order valence-corrected chi connectivity index (χ0v) is 16.5. The normalized spacial score (nSPS) is 21.0. The average molecular weight is 385 g/mol. The van der Waals surface area contributed by atoms with Crippen LogP contribution in [0.5, 0.6) is 0 Å². The summed E-state index contributed by atoms with van der Waals surface area (Å²) in [5.74, 6) is 0.189. The van der Waals surface area contributed by atoms with Crippen LogP contribution in [0.4, 0.5) is 0 Å². The number of nitrogens with two attached hydrogens (primary N) is 1.